The summed E-state index contributed by atoms with van der Waals surface area (Å²) in [5.41, 5.74) is 8.70. The van der Waals surface area contributed by atoms with Crippen LogP contribution in [-0.4, -0.2) is 21.1 Å². The third kappa shape index (κ3) is 3.78. The average Bonchev–Trinajstić information content (AvgIpc) is 3.18. The van der Waals surface area contributed by atoms with Gasteiger partial charge in [-0.1, -0.05) is 11.8 Å². The molecule has 0 aliphatic carbocycles. The van der Waals surface area contributed by atoms with E-state index in [0.717, 1.165) is 25.5 Å². The van der Waals surface area contributed by atoms with E-state index < -0.39 is 5.91 Å². The van der Waals surface area contributed by atoms with Crippen molar-refractivity contribution in [2.45, 2.75) is 31.6 Å². The van der Waals surface area contributed by atoms with Gasteiger partial charge in [-0.2, -0.15) is 0 Å². The van der Waals surface area contributed by atoms with Crippen molar-refractivity contribution in [3.63, 3.8) is 0 Å². The second-order valence-corrected chi connectivity index (χ2v) is 8.81. The van der Waals surface area contributed by atoms with E-state index in [1.165, 1.54) is 23.1 Å². The topological polar surface area (TPSA) is 94.9 Å². The number of pyridine rings is 1. The molecule has 3 heterocycles. The standard InChI is InChI=1S/C16H15BrN4O2S2/c1-7-8(2)13(14(18)22)16(19-9(7)3)24-6-12-20-21-15(23-12)10-4-5-11(17)25-10/h4-5H,6H2,1-3H3,(H2,18,22). The van der Waals surface area contributed by atoms with Crippen molar-refractivity contribution in [3.8, 4) is 10.8 Å². The van der Waals surface area contributed by atoms with E-state index in [-0.39, 0.29) is 0 Å². The van der Waals surface area contributed by atoms with Crippen molar-refractivity contribution < 1.29 is 9.21 Å². The van der Waals surface area contributed by atoms with Crippen LogP contribution in [0.15, 0.2) is 25.4 Å². The van der Waals surface area contributed by atoms with E-state index >= 15 is 0 Å². The first kappa shape index (κ1) is 18.1. The van der Waals surface area contributed by atoms with Crippen LogP contribution in [0.3, 0.4) is 0 Å². The molecule has 0 spiro atoms. The zero-order chi connectivity index (χ0) is 18.1. The normalized spacial score (nSPS) is 11.0. The summed E-state index contributed by atoms with van der Waals surface area (Å²) in [5, 5.41) is 8.72. The SMILES string of the molecule is Cc1nc(SCc2nnc(-c3ccc(Br)s3)o2)c(C(N)=O)c(C)c1C. The molecule has 9 heteroatoms. The number of rotatable bonds is 5. The van der Waals surface area contributed by atoms with Gasteiger partial charge in [0.15, 0.2) is 0 Å². The quantitative estimate of drug-likeness (QED) is 0.597. The van der Waals surface area contributed by atoms with Crippen LogP contribution in [-0.2, 0) is 5.75 Å². The lowest BCUT2D eigenvalue weighted by Gasteiger charge is -2.12. The fourth-order valence-corrected chi connectivity index (χ4v) is 4.56. The number of amides is 1. The number of hydrogen-bond acceptors (Lipinski definition) is 7. The molecule has 0 radical (unpaired) electrons. The van der Waals surface area contributed by atoms with Crippen molar-refractivity contribution in [1.29, 1.82) is 0 Å². The number of carbonyl (C=O) groups excluding carboxylic acids is 1. The van der Waals surface area contributed by atoms with Gasteiger partial charge >= 0.3 is 0 Å². The Bertz CT molecular complexity index is 952. The van der Waals surface area contributed by atoms with Crippen LogP contribution in [0.5, 0.6) is 0 Å². The highest BCUT2D eigenvalue weighted by Gasteiger charge is 2.19. The molecule has 6 nitrogen and oxygen atoms in total. The van der Waals surface area contributed by atoms with Crippen LogP contribution in [0.2, 0.25) is 0 Å². The first-order valence-electron chi connectivity index (χ1n) is 7.35. The number of carbonyl (C=O) groups is 1. The smallest absolute Gasteiger partial charge is 0.257 e. The summed E-state index contributed by atoms with van der Waals surface area (Å²) < 4.78 is 6.69. The molecule has 3 rings (SSSR count). The molecule has 0 aromatic carbocycles. The van der Waals surface area contributed by atoms with Gasteiger partial charge in [0.2, 0.25) is 5.89 Å². The van der Waals surface area contributed by atoms with Gasteiger partial charge in [-0.05, 0) is 60.0 Å². The summed E-state index contributed by atoms with van der Waals surface area (Å²) in [7, 11) is 0. The highest BCUT2D eigenvalue weighted by atomic mass is 79.9. The van der Waals surface area contributed by atoms with Crippen LogP contribution >= 0.6 is 39.0 Å². The van der Waals surface area contributed by atoms with Gasteiger partial charge in [-0.25, -0.2) is 4.98 Å². The van der Waals surface area contributed by atoms with Crippen molar-refractivity contribution in [3.05, 3.63) is 44.2 Å². The maximum absolute atomic E-state index is 11.8. The molecule has 3 aromatic rings. The Labute approximate surface area is 161 Å². The summed E-state index contributed by atoms with van der Waals surface area (Å²) in [4.78, 5) is 17.2. The largest absolute Gasteiger partial charge is 0.419 e. The second kappa shape index (κ2) is 7.27. The Kier molecular flexibility index (Phi) is 5.26. The summed E-state index contributed by atoms with van der Waals surface area (Å²) in [6.07, 6.45) is 0. The first-order valence-corrected chi connectivity index (χ1v) is 9.94. The molecule has 0 saturated heterocycles. The van der Waals surface area contributed by atoms with Gasteiger partial charge < -0.3 is 10.2 Å². The van der Waals surface area contributed by atoms with E-state index in [2.05, 4.69) is 31.1 Å². The number of nitrogens with two attached hydrogens (primary N) is 1. The Balaban J connectivity index is 1.83. The number of thioether (sulfide) groups is 1. The molecule has 1 amide bonds. The molecule has 0 saturated carbocycles. The summed E-state index contributed by atoms with van der Waals surface area (Å²) in [5.74, 6) is 0.878. The van der Waals surface area contributed by atoms with Crippen molar-refractivity contribution in [1.82, 2.24) is 15.2 Å². The van der Waals surface area contributed by atoms with Crippen LogP contribution in [0.25, 0.3) is 10.8 Å². The van der Waals surface area contributed by atoms with E-state index in [9.17, 15) is 4.79 Å². The molecule has 0 unspecified atom stereocenters. The molecule has 130 valence electrons. The minimum absolute atomic E-state index is 0.411. The van der Waals surface area contributed by atoms with E-state index in [1.807, 2.05) is 32.9 Å². The van der Waals surface area contributed by atoms with Gasteiger partial charge in [-0.3, -0.25) is 4.79 Å². The monoisotopic (exact) mass is 438 g/mol. The molecule has 0 bridgehead atoms. The van der Waals surface area contributed by atoms with Crippen molar-refractivity contribution in [2.75, 3.05) is 0 Å². The number of hydrogen-bond donors (Lipinski definition) is 1. The summed E-state index contributed by atoms with van der Waals surface area (Å²) >= 11 is 6.30. The summed E-state index contributed by atoms with van der Waals surface area (Å²) in [6, 6.07) is 3.85. The minimum atomic E-state index is -0.481. The third-order valence-corrected chi connectivity index (χ3v) is 6.36. The molecule has 3 aromatic heterocycles. The molecule has 0 aliphatic heterocycles. The Morgan fingerprint density at radius 1 is 1.28 bits per heavy atom. The fraction of sp³-hybridized carbons (Fsp3) is 0.250. The average molecular weight is 439 g/mol. The van der Waals surface area contributed by atoms with Crippen LogP contribution in [0.4, 0.5) is 0 Å². The first-order chi connectivity index (χ1) is 11.9. The zero-order valence-electron chi connectivity index (χ0n) is 13.8. The molecule has 2 N–H and O–H groups in total. The Morgan fingerprint density at radius 2 is 2.04 bits per heavy atom. The Morgan fingerprint density at radius 3 is 2.68 bits per heavy atom. The molecular weight excluding hydrogens is 424 g/mol. The molecule has 0 fully saturated rings. The van der Waals surface area contributed by atoms with Gasteiger partial charge in [0, 0.05) is 5.69 Å². The molecule has 0 atom stereocenters. The minimum Gasteiger partial charge on any atom is -0.419 e. The maximum Gasteiger partial charge on any atom is 0.257 e. The van der Waals surface area contributed by atoms with Crippen LogP contribution in [0, 0.1) is 20.8 Å². The van der Waals surface area contributed by atoms with Crippen molar-refractivity contribution >= 4 is 44.9 Å². The lowest BCUT2D eigenvalue weighted by molar-refractivity contribution is 0.0996. The lowest BCUT2D eigenvalue weighted by Crippen LogP contribution is -2.16. The van der Waals surface area contributed by atoms with E-state index in [4.69, 9.17) is 10.2 Å². The lowest BCUT2D eigenvalue weighted by atomic mass is 10.0. The van der Waals surface area contributed by atoms with E-state index in [1.54, 1.807) is 0 Å². The number of nitrogens with zero attached hydrogens (tertiary/aromatic N) is 3. The van der Waals surface area contributed by atoms with Crippen molar-refractivity contribution in [2.24, 2.45) is 5.73 Å². The summed E-state index contributed by atoms with van der Waals surface area (Å²) in [6.45, 7) is 5.73. The van der Waals surface area contributed by atoms with Gasteiger partial charge in [0.05, 0.1) is 20.0 Å². The third-order valence-electron chi connectivity index (χ3n) is 3.79. The number of halogens is 1. The van der Waals surface area contributed by atoms with Crippen LogP contribution < -0.4 is 5.73 Å². The highest BCUT2D eigenvalue weighted by Crippen LogP contribution is 2.32. The molecule has 0 aliphatic rings. The van der Waals surface area contributed by atoms with Crippen LogP contribution in [0.1, 0.15) is 33.1 Å². The predicted molar refractivity (Wildman–Crippen MR) is 102 cm³/mol. The zero-order valence-corrected chi connectivity index (χ0v) is 17.0. The molecular formula is C16H15BrN4O2S2. The number of aromatic nitrogens is 3. The van der Waals surface area contributed by atoms with Gasteiger partial charge in [0.25, 0.3) is 11.8 Å². The number of aryl methyl sites for hydroxylation is 1. The number of thiophene rings is 1. The maximum atomic E-state index is 11.8. The van der Waals surface area contributed by atoms with Gasteiger partial charge in [-0.15, -0.1) is 21.5 Å². The highest BCUT2D eigenvalue weighted by molar-refractivity contribution is 9.11. The van der Waals surface area contributed by atoms with Gasteiger partial charge in [0.1, 0.15) is 5.03 Å². The Hall–Kier alpha value is -1.71. The fourth-order valence-electron chi connectivity index (χ4n) is 2.28. The number of primary amides is 1. The predicted octanol–water partition coefficient (Wildman–Crippen LogP) is 4.27. The van der Waals surface area contributed by atoms with E-state index in [0.29, 0.717) is 28.1 Å². The second-order valence-electron chi connectivity index (χ2n) is 5.39. The molecule has 25 heavy (non-hydrogen) atoms.